The highest BCUT2D eigenvalue weighted by Gasteiger charge is 2.47. The molecule has 3 rings (SSSR count). The Balaban J connectivity index is 1.66. The van der Waals surface area contributed by atoms with Gasteiger partial charge in [-0.1, -0.05) is 18.5 Å². The van der Waals surface area contributed by atoms with E-state index in [4.69, 9.17) is 16.3 Å². The lowest BCUT2D eigenvalue weighted by atomic mass is 10.00. The molecular weight excluding hydrogens is 433 g/mol. The molecule has 2 aromatic rings. The summed E-state index contributed by atoms with van der Waals surface area (Å²) in [5, 5.41) is 7.08. The average molecular weight is 452 g/mol. The fraction of sp³-hybridized carbons (Fsp3) is 0.316. The molecule has 4 amide bonds. The van der Waals surface area contributed by atoms with Crippen LogP contribution in [0, 0.1) is 12.7 Å². The molecule has 0 radical (unpaired) electrons. The summed E-state index contributed by atoms with van der Waals surface area (Å²) >= 11 is 6.24. The third-order valence-electron chi connectivity index (χ3n) is 4.82. The molecule has 1 saturated heterocycles. The summed E-state index contributed by atoms with van der Waals surface area (Å²) in [6.07, 6.45) is 0.328. The van der Waals surface area contributed by atoms with Crippen LogP contribution >= 0.6 is 11.6 Å². The second kappa shape index (κ2) is 8.34. The second-order valence-electron chi connectivity index (χ2n) is 7.01. The molecule has 2 heterocycles. The first-order valence-electron chi connectivity index (χ1n) is 9.21. The number of benzene rings is 1. The van der Waals surface area contributed by atoms with Crippen LogP contribution in [0.3, 0.4) is 0 Å². The first-order chi connectivity index (χ1) is 14.6. The van der Waals surface area contributed by atoms with Crippen molar-refractivity contribution in [2.24, 2.45) is 0 Å². The molecule has 1 fully saturated rings. The van der Waals surface area contributed by atoms with Crippen LogP contribution < -0.4 is 10.7 Å². The van der Waals surface area contributed by atoms with Crippen LogP contribution in [0.5, 0.6) is 0 Å². The van der Waals surface area contributed by atoms with Crippen molar-refractivity contribution in [2.45, 2.75) is 32.7 Å². The van der Waals surface area contributed by atoms with Gasteiger partial charge in [0.15, 0.2) is 6.61 Å². The van der Waals surface area contributed by atoms with Crippen LogP contribution in [-0.2, 0) is 14.3 Å². The molecule has 1 atom stereocenters. The Labute approximate surface area is 181 Å². The summed E-state index contributed by atoms with van der Waals surface area (Å²) in [6.45, 7) is 3.99. The molecule has 164 valence electrons. The fourth-order valence-corrected chi connectivity index (χ4v) is 3.22. The minimum absolute atomic E-state index is 0.0765. The van der Waals surface area contributed by atoms with Crippen molar-refractivity contribution in [1.29, 1.82) is 0 Å². The molecule has 1 aromatic heterocycles. The van der Waals surface area contributed by atoms with Gasteiger partial charge in [-0.3, -0.25) is 15.0 Å². The zero-order valence-electron chi connectivity index (χ0n) is 16.9. The van der Waals surface area contributed by atoms with E-state index >= 15 is 0 Å². The van der Waals surface area contributed by atoms with Crippen LogP contribution in [0.4, 0.5) is 9.18 Å². The topological polar surface area (TPSA) is 123 Å². The number of hydrogen-bond acceptors (Lipinski definition) is 6. The molecule has 0 saturated carbocycles. The number of hydrazine groups is 1. The number of carbonyl (C=O) groups excluding carboxylic acids is 4. The van der Waals surface area contributed by atoms with Crippen molar-refractivity contribution in [3.63, 3.8) is 0 Å². The van der Waals surface area contributed by atoms with Crippen molar-refractivity contribution in [3.05, 3.63) is 46.5 Å². The predicted octanol–water partition coefficient (Wildman–Crippen LogP) is 1.88. The Morgan fingerprint density at radius 2 is 1.94 bits per heavy atom. The normalized spacial score (nSPS) is 18.2. The Hall–Kier alpha value is -3.47. The monoisotopic (exact) mass is 451 g/mol. The Kier molecular flexibility index (Phi) is 5.98. The standard InChI is InChI=1S/C19H19ClFN5O5/c1-4-19(3)17(29)26(18(30)22-19)24-13(27)9-31-16(28)14-10(2)23-25(15(14)20)12-7-5-11(21)6-8-12/h5-8H,4,9H2,1-3H3,(H,22,30)(H,24,27). The molecular formula is C19H19ClFN5O5. The number of ether oxygens (including phenoxy) is 1. The maximum Gasteiger partial charge on any atom is 0.344 e. The molecule has 1 unspecified atom stereocenters. The average Bonchev–Trinajstić information content (AvgIpc) is 3.14. The molecule has 2 N–H and O–H groups in total. The van der Waals surface area contributed by atoms with E-state index < -0.39 is 41.8 Å². The quantitative estimate of drug-likeness (QED) is 0.510. The van der Waals surface area contributed by atoms with Crippen molar-refractivity contribution in [1.82, 2.24) is 25.5 Å². The van der Waals surface area contributed by atoms with E-state index in [0.717, 1.165) is 0 Å². The van der Waals surface area contributed by atoms with Crippen molar-refractivity contribution < 1.29 is 28.3 Å². The third kappa shape index (κ3) is 4.22. The molecule has 0 bridgehead atoms. The van der Waals surface area contributed by atoms with Crippen LogP contribution in [0.2, 0.25) is 5.15 Å². The van der Waals surface area contributed by atoms with Crippen LogP contribution in [0.15, 0.2) is 24.3 Å². The smallest absolute Gasteiger partial charge is 0.344 e. The minimum Gasteiger partial charge on any atom is -0.452 e. The van der Waals surface area contributed by atoms with Gasteiger partial charge in [0.25, 0.3) is 11.8 Å². The molecule has 1 aliphatic rings. The summed E-state index contributed by atoms with van der Waals surface area (Å²) in [6, 6.07) is 4.50. The van der Waals surface area contributed by atoms with Gasteiger partial charge in [0.05, 0.1) is 11.4 Å². The largest absolute Gasteiger partial charge is 0.452 e. The highest BCUT2D eigenvalue weighted by Crippen LogP contribution is 2.24. The first-order valence-corrected chi connectivity index (χ1v) is 9.59. The van der Waals surface area contributed by atoms with Crippen LogP contribution in [0.1, 0.15) is 36.3 Å². The van der Waals surface area contributed by atoms with Gasteiger partial charge in [0.1, 0.15) is 22.1 Å². The number of nitrogens with one attached hydrogen (secondary N) is 2. The Bertz CT molecular complexity index is 1070. The van der Waals surface area contributed by atoms with E-state index in [1.165, 1.54) is 42.8 Å². The van der Waals surface area contributed by atoms with Gasteiger partial charge in [-0.15, -0.1) is 0 Å². The number of hydrogen-bond donors (Lipinski definition) is 2. The number of aryl methyl sites for hydroxylation is 1. The lowest BCUT2D eigenvalue weighted by molar-refractivity contribution is -0.139. The summed E-state index contributed by atoms with van der Waals surface area (Å²) < 4.78 is 19.3. The van der Waals surface area contributed by atoms with Gasteiger partial charge in [-0.25, -0.2) is 18.7 Å². The minimum atomic E-state index is -1.12. The summed E-state index contributed by atoms with van der Waals surface area (Å²) in [4.78, 5) is 48.7. The lowest BCUT2D eigenvalue weighted by Gasteiger charge is -2.19. The second-order valence-corrected chi connectivity index (χ2v) is 7.36. The summed E-state index contributed by atoms with van der Waals surface area (Å²) in [5.41, 5.74) is 1.56. The molecule has 0 spiro atoms. The number of imide groups is 1. The summed E-state index contributed by atoms with van der Waals surface area (Å²) in [7, 11) is 0. The van der Waals surface area contributed by atoms with Crippen molar-refractivity contribution in [3.8, 4) is 5.69 Å². The molecule has 1 aliphatic heterocycles. The molecule has 0 aliphatic carbocycles. The number of halogens is 2. The molecule has 12 heteroatoms. The Morgan fingerprint density at radius 3 is 2.52 bits per heavy atom. The zero-order chi connectivity index (χ0) is 22.9. The van der Waals surface area contributed by atoms with Crippen molar-refractivity contribution in [2.75, 3.05) is 6.61 Å². The van der Waals surface area contributed by atoms with E-state index in [2.05, 4.69) is 15.8 Å². The van der Waals surface area contributed by atoms with Crippen LogP contribution in [-0.4, -0.2) is 50.7 Å². The van der Waals surface area contributed by atoms with E-state index in [1.807, 2.05) is 0 Å². The van der Waals surface area contributed by atoms with Gasteiger partial charge in [-0.05, 0) is 44.5 Å². The van der Waals surface area contributed by atoms with E-state index in [1.54, 1.807) is 6.92 Å². The lowest BCUT2D eigenvalue weighted by Crippen LogP contribution is -2.49. The summed E-state index contributed by atoms with van der Waals surface area (Å²) in [5.74, 6) is -2.89. The van der Waals surface area contributed by atoms with E-state index in [-0.39, 0.29) is 16.4 Å². The molecule has 31 heavy (non-hydrogen) atoms. The highest BCUT2D eigenvalue weighted by molar-refractivity contribution is 6.33. The number of amides is 4. The maximum absolute atomic E-state index is 13.1. The third-order valence-corrected chi connectivity index (χ3v) is 5.17. The van der Waals surface area contributed by atoms with E-state index in [9.17, 15) is 23.6 Å². The zero-order valence-corrected chi connectivity index (χ0v) is 17.6. The van der Waals surface area contributed by atoms with Gasteiger partial charge in [0, 0.05) is 0 Å². The predicted molar refractivity (Wildman–Crippen MR) is 106 cm³/mol. The number of aromatic nitrogens is 2. The van der Waals surface area contributed by atoms with Gasteiger partial charge >= 0.3 is 12.0 Å². The number of nitrogens with zero attached hydrogens (tertiary/aromatic N) is 3. The highest BCUT2D eigenvalue weighted by atomic mass is 35.5. The maximum atomic E-state index is 13.1. The molecule has 10 nitrogen and oxygen atoms in total. The van der Waals surface area contributed by atoms with E-state index in [0.29, 0.717) is 17.1 Å². The van der Waals surface area contributed by atoms with Gasteiger partial charge in [-0.2, -0.15) is 10.1 Å². The number of carbonyl (C=O) groups is 4. The molecule has 1 aromatic carbocycles. The van der Waals surface area contributed by atoms with Gasteiger partial charge < -0.3 is 10.1 Å². The number of rotatable bonds is 6. The van der Waals surface area contributed by atoms with Crippen LogP contribution in [0.25, 0.3) is 5.69 Å². The fourth-order valence-electron chi connectivity index (χ4n) is 2.87. The number of esters is 1. The van der Waals surface area contributed by atoms with Crippen molar-refractivity contribution >= 4 is 35.4 Å². The number of urea groups is 1. The first kappa shape index (κ1) is 22.2. The Morgan fingerprint density at radius 1 is 1.29 bits per heavy atom. The van der Waals surface area contributed by atoms with Gasteiger partial charge in [0.2, 0.25) is 0 Å². The SMILES string of the molecule is CCC1(C)NC(=O)N(NC(=O)COC(=O)c2c(C)nn(-c3ccc(F)cc3)c2Cl)C1=O.